The van der Waals surface area contributed by atoms with Crippen LogP contribution in [0.5, 0.6) is 0 Å². The summed E-state index contributed by atoms with van der Waals surface area (Å²) in [5, 5.41) is 17.4. The van der Waals surface area contributed by atoms with Gasteiger partial charge in [0.25, 0.3) is 0 Å². The molecule has 2 aliphatic carbocycles. The smallest absolute Gasteiger partial charge is 0.394 e. The Kier molecular flexibility index (Phi) is 12.2. The van der Waals surface area contributed by atoms with Crippen LogP contribution in [0.15, 0.2) is 0 Å². The van der Waals surface area contributed by atoms with E-state index >= 15 is 0 Å². The summed E-state index contributed by atoms with van der Waals surface area (Å²) in [5.41, 5.74) is 0. The van der Waals surface area contributed by atoms with E-state index in [1.807, 2.05) is 0 Å². The van der Waals surface area contributed by atoms with Crippen LogP contribution >= 0.6 is 0 Å². The van der Waals surface area contributed by atoms with Crippen molar-refractivity contribution in [2.24, 2.45) is 11.8 Å². The van der Waals surface area contributed by atoms with Crippen LogP contribution in [-0.2, 0) is 10.4 Å². The van der Waals surface area contributed by atoms with Crippen LogP contribution in [0.1, 0.15) is 64.2 Å². The average Bonchev–Trinajstić information content (AvgIpc) is 2.48. The van der Waals surface area contributed by atoms with Gasteiger partial charge in [0.2, 0.25) is 0 Å². The Morgan fingerprint density at radius 3 is 1.05 bits per heavy atom. The second-order valence-electron chi connectivity index (χ2n) is 5.82. The van der Waals surface area contributed by atoms with Gasteiger partial charge in [0.15, 0.2) is 0 Å². The Hall–Kier alpha value is -0.210. The lowest BCUT2D eigenvalue weighted by Crippen LogP contribution is -2.09. The van der Waals surface area contributed by atoms with Crippen molar-refractivity contribution in [3.05, 3.63) is 0 Å². The largest absolute Gasteiger partial charge is 0.396 e. The highest BCUT2D eigenvalue weighted by Gasteiger charge is 2.11. The van der Waals surface area contributed by atoms with Crippen molar-refractivity contribution in [2.45, 2.75) is 64.2 Å². The standard InChI is InChI=1S/2C7H14O.H2O4S/c2*8-6-7-4-2-1-3-5-7;1-5(2,3)4/h2*7-8H,1-6H2;(H2,1,2,3,4). The zero-order chi connectivity index (χ0) is 16.1. The molecule has 2 aliphatic rings. The molecule has 2 fully saturated rings. The molecule has 0 aromatic rings. The molecular weight excluding hydrogens is 296 g/mol. The molecule has 0 aromatic heterocycles. The molecule has 0 aliphatic heterocycles. The van der Waals surface area contributed by atoms with E-state index in [0.717, 1.165) is 0 Å². The molecule has 0 radical (unpaired) electrons. The molecule has 0 amide bonds. The maximum atomic E-state index is 8.74. The van der Waals surface area contributed by atoms with Crippen LogP contribution < -0.4 is 0 Å². The molecule has 128 valence electrons. The van der Waals surface area contributed by atoms with E-state index in [1.54, 1.807) is 0 Å². The lowest BCUT2D eigenvalue weighted by Gasteiger charge is -2.18. The fourth-order valence-corrected chi connectivity index (χ4v) is 2.74. The maximum Gasteiger partial charge on any atom is 0.394 e. The van der Waals surface area contributed by atoms with Gasteiger partial charge in [-0.05, 0) is 37.5 Å². The lowest BCUT2D eigenvalue weighted by atomic mass is 9.90. The topological polar surface area (TPSA) is 115 Å². The van der Waals surface area contributed by atoms with Gasteiger partial charge < -0.3 is 10.2 Å². The molecule has 0 aromatic carbocycles. The van der Waals surface area contributed by atoms with Gasteiger partial charge in [0.1, 0.15) is 0 Å². The zero-order valence-electron chi connectivity index (χ0n) is 12.7. The van der Waals surface area contributed by atoms with E-state index in [4.69, 9.17) is 27.7 Å². The second kappa shape index (κ2) is 12.3. The molecule has 4 N–H and O–H groups in total. The van der Waals surface area contributed by atoms with Crippen LogP contribution in [0.3, 0.4) is 0 Å². The van der Waals surface area contributed by atoms with E-state index in [2.05, 4.69) is 0 Å². The van der Waals surface area contributed by atoms with Crippen molar-refractivity contribution < 1.29 is 27.7 Å². The number of hydrogen-bond donors (Lipinski definition) is 4. The number of rotatable bonds is 2. The van der Waals surface area contributed by atoms with Crippen LogP contribution in [0.2, 0.25) is 0 Å². The fraction of sp³-hybridized carbons (Fsp3) is 1.00. The van der Waals surface area contributed by atoms with Crippen molar-refractivity contribution in [2.75, 3.05) is 13.2 Å². The van der Waals surface area contributed by atoms with Gasteiger partial charge >= 0.3 is 10.4 Å². The first-order valence-electron chi connectivity index (χ1n) is 7.78. The monoisotopic (exact) mass is 326 g/mol. The average molecular weight is 326 g/mol. The molecule has 0 heterocycles. The minimum Gasteiger partial charge on any atom is -0.396 e. The van der Waals surface area contributed by atoms with Crippen molar-refractivity contribution in [3.63, 3.8) is 0 Å². The Labute approximate surface area is 128 Å². The molecule has 0 spiro atoms. The van der Waals surface area contributed by atoms with E-state index < -0.39 is 10.4 Å². The number of aliphatic hydroxyl groups excluding tert-OH is 2. The normalized spacial score (nSPS) is 20.8. The van der Waals surface area contributed by atoms with Gasteiger partial charge in [-0.3, -0.25) is 9.11 Å². The minimum atomic E-state index is -4.67. The van der Waals surface area contributed by atoms with Gasteiger partial charge in [-0.25, -0.2) is 0 Å². The zero-order valence-corrected chi connectivity index (χ0v) is 13.5. The van der Waals surface area contributed by atoms with E-state index in [9.17, 15) is 0 Å². The Bertz CT molecular complexity index is 292. The molecule has 7 heteroatoms. The van der Waals surface area contributed by atoms with Gasteiger partial charge in [0, 0.05) is 13.2 Å². The van der Waals surface area contributed by atoms with Crippen LogP contribution in [0.25, 0.3) is 0 Å². The number of aliphatic hydroxyl groups is 2. The summed E-state index contributed by atoms with van der Waals surface area (Å²) in [6.07, 6.45) is 13.2. The lowest BCUT2D eigenvalue weighted by molar-refractivity contribution is 0.190. The Balaban J connectivity index is 0.000000296. The van der Waals surface area contributed by atoms with Crippen molar-refractivity contribution in [1.29, 1.82) is 0 Å². The summed E-state index contributed by atoms with van der Waals surface area (Å²) in [5.74, 6) is 1.28. The molecule has 2 rings (SSSR count). The first-order valence-corrected chi connectivity index (χ1v) is 9.18. The highest BCUT2D eigenvalue weighted by molar-refractivity contribution is 7.79. The van der Waals surface area contributed by atoms with E-state index in [1.165, 1.54) is 64.2 Å². The number of hydrogen-bond acceptors (Lipinski definition) is 4. The molecule has 0 bridgehead atoms. The Morgan fingerprint density at radius 2 is 0.905 bits per heavy atom. The summed E-state index contributed by atoms with van der Waals surface area (Å²) >= 11 is 0. The molecule has 0 saturated heterocycles. The summed E-state index contributed by atoms with van der Waals surface area (Å²) in [6, 6.07) is 0. The quantitative estimate of drug-likeness (QED) is 0.579. The summed E-state index contributed by atoms with van der Waals surface area (Å²) < 4.78 is 31.6. The van der Waals surface area contributed by atoms with E-state index in [0.29, 0.717) is 25.0 Å². The molecule has 21 heavy (non-hydrogen) atoms. The van der Waals surface area contributed by atoms with Gasteiger partial charge in [-0.2, -0.15) is 8.42 Å². The minimum absolute atomic E-state index is 0.417. The SMILES string of the molecule is O=S(=O)(O)O.OCC1CCCCC1.OCC1CCCCC1. The third kappa shape index (κ3) is 16.0. The summed E-state index contributed by atoms with van der Waals surface area (Å²) in [4.78, 5) is 0. The maximum absolute atomic E-state index is 8.74. The predicted octanol–water partition coefficient (Wildman–Crippen LogP) is 2.47. The highest BCUT2D eigenvalue weighted by atomic mass is 32.3. The molecule has 0 unspecified atom stereocenters. The van der Waals surface area contributed by atoms with Crippen molar-refractivity contribution in [1.82, 2.24) is 0 Å². The van der Waals surface area contributed by atoms with Gasteiger partial charge in [-0.1, -0.05) is 38.5 Å². The third-order valence-corrected chi connectivity index (χ3v) is 3.97. The molecular formula is C14H30O6S. The second-order valence-corrected chi connectivity index (χ2v) is 6.72. The molecule has 2 saturated carbocycles. The highest BCUT2D eigenvalue weighted by Crippen LogP contribution is 2.23. The first-order chi connectivity index (χ1) is 9.86. The third-order valence-electron chi connectivity index (χ3n) is 3.97. The predicted molar refractivity (Wildman–Crippen MR) is 81.5 cm³/mol. The first kappa shape index (κ1) is 20.8. The van der Waals surface area contributed by atoms with Crippen molar-refractivity contribution >= 4 is 10.4 Å². The summed E-state index contributed by atoms with van der Waals surface area (Å²) in [7, 11) is -4.67. The Morgan fingerprint density at radius 1 is 0.667 bits per heavy atom. The van der Waals surface area contributed by atoms with E-state index in [-0.39, 0.29) is 0 Å². The van der Waals surface area contributed by atoms with Gasteiger partial charge in [0.05, 0.1) is 0 Å². The molecule has 6 nitrogen and oxygen atoms in total. The summed E-state index contributed by atoms with van der Waals surface area (Å²) in [6.45, 7) is 0.833. The van der Waals surface area contributed by atoms with Crippen LogP contribution in [0.4, 0.5) is 0 Å². The fourth-order valence-electron chi connectivity index (χ4n) is 2.74. The van der Waals surface area contributed by atoms with Crippen LogP contribution in [0, 0.1) is 11.8 Å². The molecule has 0 atom stereocenters. The van der Waals surface area contributed by atoms with Crippen molar-refractivity contribution in [3.8, 4) is 0 Å². The van der Waals surface area contributed by atoms with Gasteiger partial charge in [-0.15, -0.1) is 0 Å². The van der Waals surface area contributed by atoms with Crippen LogP contribution in [-0.4, -0.2) is 41.0 Å².